The van der Waals surface area contributed by atoms with E-state index >= 15 is 0 Å². The highest BCUT2D eigenvalue weighted by Gasteiger charge is 2.51. The quantitative estimate of drug-likeness (QED) is 0.559. The first kappa shape index (κ1) is 19.6. The van der Waals surface area contributed by atoms with E-state index in [0.29, 0.717) is 6.61 Å². The normalized spacial score (nSPS) is 24.0. The van der Waals surface area contributed by atoms with Gasteiger partial charge in [-0.15, -0.1) is 0 Å². The predicted molar refractivity (Wildman–Crippen MR) is 108 cm³/mol. The van der Waals surface area contributed by atoms with Crippen molar-refractivity contribution in [3.63, 3.8) is 0 Å². The summed E-state index contributed by atoms with van der Waals surface area (Å²) in [5.74, 6) is 0. The summed E-state index contributed by atoms with van der Waals surface area (Å²) in [6, 6.07) is 20.8. The SMILES string of the molecule is CC(C)(C)[Si](OC[C@@H]1C[C@H](F)[C@H](Cl)O1)(c1ccccc1)c1ccccc1. The Morgan fingerprint density at radius 2 is 1.54 bits per heavy atom. The molecule has 5 heteroatoms. The first-order chi connectivity index (χ1) is 12.3. The molecule has 3 rings (SSSR count). The molecular formula is C21H26ClFO2Si. The lowest BCUT2D eigenvalue weighted by atomic mass is 10.2. The number of ether oxygens (including phenoxy) is 1. The lowest BCUT2D eigenvalue weighted by Crippen LogP contribution is -2.67. The summed E-state index contributed by atoms with van der Waals surface area (Å²) >= 11 is 5.89. The van der Waals surface area contributed by atoms with E-state index in [1.807, 2.05) is 36.4 Å². The van der Waals surface area contributed by atoms with Gasteiger partial charge in [-0.25, -0.2) is 4.39 Å². The fraction of sp³-hybridized carbons (Fsp3) is 0.429. The van der Waals surface area contributed by atoms with Crippen LogP contribution < -0.4 is 10.4 Å². The second kappa shape index (κ2) is 7.81. The zero-order valence-corrected chi connectivity index (χ0v) is 17.2. The Morgan fingerprint density at radius 1 is 1.04 bits per heavy atom. The summed E-state index contributed by atoms with van der Waals surface area (Å²) in [5.41, 5.74) is -0.872. The van der Waals surface area contributed by atoms with Gasteiger partial charge in [0.25, 0.3) is 8.32 Å². The third-order valence-corrected chi connectivity index (χ3v) is 10.4. The Labute approximate surface area is 161 Å². The average molecular weight is 393 g/mol. The van der Waals surface area contributed by atoms with Gasteiger partial charge in [0.15, 0.2) is 5.56 Å². The van der Waals surface area contributed by atoms with Crippen molar-refractivity contribution in [3.05, 3.63) is 60.7 Å². The summed E-state index contributed by atoms with van der Waals surface area (Å²) in [5, 5.41) is 2.30. The number of rotatable bonds is 5. The van der Waals surface area contributed by atoms with Crippen molar-refractivity contribution in [1.82, 2.24) is 0 Å². The monoisotopic (exact) mass is 392 g/mol. The zero-order chi connectivity index (χ0) is 18.8. The number of benzene rings is 2. The molecule has 1 aliphatic heterocycles. The third kappa shape index (κ3) is 3.74. The minimum absolute atomic E-state index is 0.107. The number of alkyl halides is 2. The molecule has 0 bridgehead atoms. The summed E-state index contributed by atoms with van der Waals surface area (Å²) in [7, 11) is -2.61. The molecule has 1 heterocycles. The Balaban J connectivity index is 2.00. The maximum absolute atomic E-state index is 13.8. The van der Waals surface area contributed by atoms with Gasteiger partial charge in [0.1, 0.15) is 6.17 Å². The van der Waals surface area contributed by atoms with Crippen molar-refractivity contribution in [2.75, 3.05) is 6.61 Å². The van der Waals surface area contributed by atoms with E-state index in [1.54, 1.807) is 0 Å². The molecule has 2 aromatic rings. The van der Waals surface area contributed by atoms with Gasteiger partial charge in [0, 0.05) is 6.42 Å². The summed E-state index contributed by atoms with van der Waals surface area (Å²) in [6.45, 7) is 7.00. The third-order valence-electron chi connectivity index (χ3n) is 5.00. The van der Waals surface area contributed by atoms with Crippen LogP contribution in [0, 0.1) is 0 Å². The zero-order valence-electron chi connectivity index (χ0n) is 15.5. The molecule has 1 saturated heterocycles. The van der Waals surface area contributed by atoms with Crippen LogP contribution in [0.25, 0.3) is 0 Å². The first-order valence-corrected chi connectivity index (χ1v) is 11.4. The molecule has 0 spiro atoms. The van der Waals surface area contributed by atoms with Gasteiger partial charge in [0.2, 0.25) is 0 Å². The number of hydrogen-bond acceptors (Lipinski definition) is 2. The number of hydrogen-bond donors (Lipinski definition) is 0. The van der Waals surface area contributed by atoms with E-state index in [9.17, 15) is 4.39 Å². The molecule has 140 valence electrons. The minimum atomic E-state index is -2.61. The van der Waals surface area contributed by atoms with Crippen LogP contribution in [0.1, 0.15) is 27.2 Å². The van der Waals surface area contributed by atoms with Gasteiger partial charge in [0.05, 0.1) is 12.7 Å². The smallest absolute Gasteiger partial charge is 0.261 e. The highest BCUT2D eigenvalue weighted by Crippen LogP contribution is 2.37. The summed E-state index contributed by atoms with van der Waals surface area (Å²) in [6.07, 6.45) is -1.16. The second-order valence-electron chi connectivity index (χ2n) is 7.84. The van der Waals surface area contributed by atoms with Gasteiger partial charge in [-0.1, -0.05) is 93.0 Å². The fourth-order valence-electron chi connectivity index (χ4n) is 3.77. The molecule has 0 aliphatic carbocycles. The van der Waals surface area contributed by atoms with E-state index in [0.717, 1.165) is 0 Å². The molecule has 0 unspecified atom stereocenters. The molecule has 0 N–H and O–H groups in total. The Bertz CT molecular complexity index is 655. The van der Waals surface area contributed by atoms with Gasteiger partial charge in [-0.2, -0.15) is 0 Å². The van der Waals surface area contributed by atoms with E-state index < -0.39 is 20.1 Å². The van der Waals surface area contributed by atoms with E-state index in [2.05, 4.69) is 45.0 Å². The van der Waals surface area contributed by atoms with Crippen molar-refractivity contribution >= 4 is 30.3 Å². The minimum Gasteiger partial charge on any atom is -0.405 e. The maximum Gasteiger partial charge on any atom is 0.261 e. The van der Waals surface area contributed by atoms with E-state index in [4.69, 9.17) is 20.8 Å². The highest BCUT2D eigenvalue weighted by molar-refractivity contribution is 6.99. The molecule has 0 saturated carbocycles. The molecule has 0 aromatic heterocycles. The van der Waals surface area contributed by atoms with Crippen LogP contribution in [0.4, 0.5) is 4.39 Å². The summed E-state index contributed by atoms with van der Waals surface area (Å²) < 4.78 is 26.0. The van der Waals surface area contributed by atoms with Gasteiger partial charge < -0.3 is 9.16 Å². The molecule has 2 nitrogen and oxygen atoms in total. The largest absolute Gasteiger partial charge is 0.405 e. The van der Waals surface area contributed by atoms with Crippen molar-refractivity contribution in [2.24, 2.45) is 0 Å². The molecule has 2 aromatic carbocycles. The Hall–Kier alpha value is -1.20. The standard InChI is InChI=1S/C21H26ClFO2Si/c1-21(2,3)26(17-10-6-4-7-11-17,18-12-8-5-9-13-18)24-15-16-14-19(23)20(22)25-16/h4-13,16,19-20H,14-15H2,1-3H3/t16-,19-,20+/m0/s1. The number of halogens is 2. The van der Waals surface area contributed by atoms with Crippen LogP contribution in [0.5, 0.6) is 0 Å². The lowest BCUT2D eigenvalue weighted by Gasteiger charge is -2.43. The molecule has 26 heavy (non-hydrogen) atoms. The molecule has 0 amide bonds. The van der Waals surface area contributed by atoms with Crippen molar-refractivity contribution < 1.29 is 13.6 Å². The first-order valence-electron chi connectivity index (χ1n) is 9.03. The maximum atomic E-state index is 13.8. The lowest BCUT2D eigenvalue weighted by molar-refractivity contribution is 0.0428. The average Bonchev–Trinajstić information content (AvgIpc) is 2.94. The van der Waals surface area contributed by atoms with Gasteiger partial charge in [-0.05, 0) is 15.4 Å². The van der Waals surface area contributed by atoms with E-state index in [1.165, 1.54) is 10.4 Å². The van der Waals surface area contributed by atoms with Gasteiger partial charge >= 0.3 is 0 Å². The summed E-state index contributed by atoms with van der Waals surface area (Å²) in [4.78, 5) is 0. The van der Waals surface area contributed by atoms with Crippen molar-refractivity contribution in [1.29, 1.82) is 0 Å². The molecule has 1 aliphatic rings. The molecule has 0 radical (unpaired) electrons. The van der Waals surface area contributed by atoms with Crippen LogP contribution in [-0.2, 0) is 9.16 Å². The van der Waals surface area contributed by atoms with Gasteiger partial charge in [-0.3, -0.25) is 0 Å². The van der Waals surface area contributed by atoms with Crippen LogP contribution in [0.3, 0.4) is 0 Å². The predicted octanol–water partition coefficient (Wildman–Crippen LogP) is 4.25. The second-order valence-corrected chi connectivity index (χ2v) is 12.6. The van der Waals surface area contributed by atoms with E-state index in [-0.39, 0.29) is 17.6 Å². The Morgan fingerprint density at radius 3 is 1.92 bits per heavy atom. The van der Waals surface area contributed by atoms with Crippen LogP contribution in [0.15, 0.2) is 60.7 Å². The molecule has 1 fully saturated rings. The van der Waals surface area contributed by atoms with Crippen LogP contribution in [-0.4, -0.2) is 32.8 Å². The molecule has 3 atom stereocenters. The van der Waals surface area contributed by atoms with Crippen molar-refractivity contribution in [3.8, 4) is 0 Å². The topological polar surface area (TPSA) is 18.5 Å². The van der Waals surface area contributed by atoms with Crippen molar-refractivity contribution in [2.45, 2.75) is 50.1 Å². The highest BCUT2D eigenvalue weighted by atomic mass is 35.5. The van der Waals surface area contributed by atoms with Crippen LogP contribution in [0.2, 0.25) is 5.04 Å². The fourth-order valence-corrected chi connectivity index (χ4v) is 8.61. The molecular weight excluding hydrogens is 367 g/mol. The van der Waals surface area contributed by atoms with Crippen LogP contribution >= 0.6 is 11.6 Å². The Kier molecular flexibility index (Phi) is 5.87.